The van der Waals surface area contributed by atoms with Gasteiger partial charge in [0.2, 0.25) is 0 Å². The van der Waals surface area contributed by atoms with Crippen LogP contribution in [0, 0.1) is 0 Å². The number of benzene rings is 1. The molecule has 3 rings (SSSR count). The molecule has 0 aliphatic heterocycles. The molecule has 0 bridgehead atoms. The van der Waals surface area contributed by atoms with E-state index in [0.717, 1.165) is 31.4 Å². The molecule has 4 nitrogen and oxygen atoms in total. The van der Waals surface area contributed by atoms with Crippen LogP contribution in [0.5, 0.6) is 0 Å². The van der Waals surface area contributed by atoms with E-state index in [9.17, 15) is 9.90 Å². The summed E-state index contributed by atoms with van der Waals surface area (Å²) in [6, 6.07) is 11.5. The van der Waals surface area contributed by atoms with Gasteiger partial charge in [-0.25, -0.2) is 0 Å². The van der Waals surface area contributed by atoms with Crippen LogP contribution in [0.3, 0.4) is 0 Å². The van der Waals surface area contributed by atoms with Crippen molar-refractivity contribution in [3.05, 3.63) is 54.4 Å². The molecule has 22 heavy (non-hydrogen) atoms. The number of hydrogen-bond acceptors (Lipinski definition) is 2. The second kappa shape index (κ2) is 5.97. The summed E-state index contributed by atoms with van der Waals surface area (Å²) in [6.07, 6.45) is 7.61. The molecule has 1 aliphatic rings. The Morgan fingerprint density at radius 3 is 2.36 bits per heavy atom. The Morgan fingerprint density at radius 1 is 1.18 bits per heavy atom. The third-order valence-electron chi connectivity index (χ3n) is 4.43. The van der Waals surface area contributed by atoms with Gasteiger partial charge in [-0.1, -0.05) is 12.8 Å². The Balaban J connectivity index is 1.69. The summed E-state index contributed by atoms with van der Waals surface area (Å²) >= 11 is 0. The lowest BCUT2D eigenvalue weighted by molar-refractivity contribution is 0.0157. The zero-order valence-electron chi connectivity index (χ0n) is 12.9. The number of hydrogen-bond donors (Lipinski definition) is 1. The van der Waals surface area contributed by atoms with Gasteiger partial charge >= 0.3 is 0 Å². The van der Waals surface area contributed by atoms with Crippen molar-refractivity contribution in [3.8, 4) is 5.69 Å². The molecule has 116 valence electrons. The summed E-state index contributed by atoms with van der Waals surface area (Å²) < 4.78 is 2.00. The molecule has 1 N–H and O–H groups in total. The smallest absolute Gasteiger partial charge is 0.253 e. The van der Waals surface area contributed by atoms with Gasteiger partial charge in [0.1, 0.15) is 0 Å². The lowest BCUT2D eigenvalue weighted by Gasteiger charge is -2.28. The molecule has 0 radical (unpaired) electrons. The zero-order chi connectivity index (χ0) is 15.6. The summed E-state index contributed by atoms with van der Waals surface area (Å²) in [6.45, 7) is 0.408. The van der Waals surface area contributed by atoms with Crippen molar-refractivity contribution >= 4 is 5.91 Å². The molecule has 1 aliphatic carbocycles. The van der Waals surface area contributed by atoms with Crippen molar-refractivity contribution in [2.45, 2.75) is 31.3 Å². The third kappa shape index (κ3) is 3.07. The highest BCUT2D eigenvalue weighted by atomic mass is 16.3. The number of amides is 1. The second-order valence-electron chi connectivity index (χ2n) is 6.23. The van der Waals surface area contributed by atoms with E-state index in [1.807, 2.05) is 53.4 Å². The molecule has 0 spiro atoms. The molecule has 2 aromatic rings. The van der Waals surface area contributed by atoms with Gasteiger partial charge in [-0.3, -0.25) is 4.79 Å². The van der Waals surface area contributed by atoms with Gasteiger partial charge in [0, 0.05) is 37.2 Å². The summed E-state index contributed by atoms with van der Waals surface area (Å²) in [4.78, 5) is 14.1. The molecule has 0 saturated heterocycles. The second-order valence-corrected chi connectivity index (χ2v) is 6.23. The van der Waals surface area contributed by atoms with Crippen LogP contribution in [0.25, 0.3) is 5.69 Å². The number of likely N-dealkylation sites (N-methyl/N-ethyl adjacent to an activating group) is 1. The van der Waals surface area contributed by atoms with Gasteiger partial charge in [-0.15, -0.1) is 0 Å². The van der Waals surface area contributed by atoms with Crippen molar-refractivity contribution in [3.63, 3.8) is 0 Å². The van der Waals surface area contributed by atoms with Crippen LogP contribution < -0.4 is 0 Å². The van der Waals surface area contributed by atoms with Gasteiger partial charge in [0.05, 0.1) is 5.60 Å². The maximum absolute atomic E-state index is 12.5. The van der Waals surface area contributed by atoms with Crippen molar-refractivity contribution in [1.29, 1.82) is 0 Å². The molecule has 0 unspecified atom stereocenters. The Hall–Kier alpha value is -2.07. The van der Waals surface area contributed by atoms with E-state index in [2.05, 4.69) is 0 Å². The molecule has 1 amide bonds. The average molecular weight is 298 g/mol. The van der Waals surface area contributed by atoms with Gasteiger partial charge in [0.15, 0.2) is 0 Å². The van der Waals surface area contributed by atoms with E-state index >= 15 is 0 Å². The monoisotopic (exact) mass is 298 g/mol. The summed E-state index contributed by atoms with van der Waals surface area (Å²) in [5, 5.41) is 10.4. The molecular formula is C18H22N2O2. The van der Waals surface area contributed by atoms with Crippen LogP contribution in [0.15, 0.2) is 48.8 Å². The SMILES string of the molecule is CN(CC1(O)CCCC1)C(=O)c1ccc(-n2cccc2)cc1. The topological polar surface area (TPSA) is 45.5 Å². The van der Waals surface area contributed by atoms with Crippen molar-refractivity contribution in [2.24, 2.45) is 0 Å². The molecule has 1 saturated carbocycles. The zero-order valence-corrected chi connectivity index (χ0v) is 12.9. The molecule has 1 aromatic carbocycles. The maximum Gasteiger partial charge on any atom is 0.253 e. The standard InChI is InChI=1S/C18H22N2O2/c1-19(14-18(22)10-2-3-11-18)17(21)15-6-8-16(9-7-15)20-12-4-5-13-20/h4-9,12-13,22H,2-3,10-11,14H2,1H3. The highest BCUT2D eigenvalue weighted by Gasteiger charge is 2.33. The molecule has 1 fully saturated rings. The molecule has 1 aromatic heterocycles. The van der Waals surface area contributed by atoms with Gasteiger partial charge in [-0.05, 0) is 49.2 Å². The first-order chi connectivity index (χ1) is 10.6. The fourth-order valence-corrected chi connectivity index (χ4v) is 3.21. The summed E-state index contributed by atoms with van der Waals surface area (Å²) in [7, 11) is 1.76. The predicted molar refractivity (Wildman–Crippen MR) is 86.1 cm³/mol. The number of carbonyl (C=O) groups excluding carboxylic acids is 1. The van der Waals surface area contributed by atoms with E-state index in [-0.39, 0.29) is 5.91 Å². The highest BCUT2D eigenvalue weighted by molar-refractivity contribution is 5.94. The summed E-state index contributed by atoms with van der Waals surface area (Å²) in [5.41, 5.74) is 0.980. The van der Waals surface area contributed by atoms with Crippen LogP contribution in [-0.2, 0) is 0 Å². The van der Waals surface area contributed by atoms with Crippen molar-refractivity contribution in [1.82, 2.24) is 9.47 Å². The fraction of sp³-hybridized carbons (Fsp3) is 0.389. The Kier molecular flexibility index (Phi) is 4.03. The number of aliphatic hydroxyl groups is 1. The Labute approximate surface area is 131 Å². The number of carbonyl (C=O) groups is 1. The Morgan fingerprint density at radius 2 is 1.77 bits per heavy atom. The fourth-order valence-electron chi connectivity index (χ4n) is 3.21. The molecule has 0 atom stereocenters. The maximum atomic E-state index is 12.5. The highest BCUT2D eigenvalue weighted by Crippen LogP contribution is 2.30. The minimum atomic E-state index is -0.699. The normalized spacial score (nSPS) is 16.6. The molecule has 4 heteroatoms. The molecular weight excluding hydrogens is 276 g/mol. The van der Waals surface area contributed by atoms with Crippen LogP contribution in [0.1, 0.15) is 36.0 Å². The van der Waals surface area contributed by atoms with E-state index in [0.29, 0.717) is 12.1 Å². The quantitative estimate of drug-likeness (QED) is 0.943. The lowest BCUT2D eigenvalue weighted by atomic mass is 10.0. The van der Waals surface area contributed by atoms with Gasteiger partial charge in [0.25, 0.3) is 5.91 Å². The first kappa shape index (κ1) is 14.9. The molecule has 1 heterocycles. The third-order valence-corrected chi connectivity index (χ3v) is 4.43. The van der Waals surface area contributed by atoms with E-state index in [1.165, 1.54) is 0 Å². The lowest BCUT2D eigenvalue weighted by Crippen LogP contribution is -2.42. The van der Waals surface area contributed by atoms with Crippen molar-refractivity contribution in [2.75, 3.05) is 13.6 Å². The van der Waals surface area contributed by atoms with Crippen LogP contribution in [-0.4, -0.2) is 39.7 Å². The summed E-state index contributed by atoms with van der Waals surface area (Å²) in [5.74, 6) is -0.0422. The minimum absolute atomic E-state index is 0.0422. The first-order valence-electron chi connectivity index (χ1n) is 7.79. The van der Waals surface area contributed by atoms with E-state index in [1.54, 1.807) is 11.9 Å². The van der Waals surface area contributed by atoms with Crippen LogP contribution >= 0.6 is 0 Å². The predicted octanol–water partition coefficient (Wildman–Crippen LogP) is 2.85. The Bertz CT molecular complexity index is 626. The van der Waals surface area contributed by atoms with E-state index < -0.39 is 5.60 Å². The minimum Gasteiger partial charge on any atom is -0.388 e. The average Bonchev–Trinajstić information content (AvgIpc) is 3.18. The number of aromatic nitrogens is 1. The number of nitrogens with zero attached hydrogens (tertiary/aromatic N) is 2. The van der Waals surface area contributed by atoms with E-state index in [4.69, 9.17) is 0 Å². The van der Waals surface area contributed by atoms with Crippen molar-refractivity contribution < 1.29 is 9.90 Å². The van der Waals surface area contributed by atoms with Crippen LogP contribution in [0.4, 0.5) is 0 Å². The largest absolute Gasteiger partial charge is 0.388 e. The number of rotatable bonds is 4. The van der Waals surface area contributed by atoms with Gasteiger partial charge < -0.3 is 14.6 Å². The van der Waals surface area contributed by atoms with Crippen LogP contribution in [0.2, 0.25) is 0 Å². The van der Waals surface area contributed by atoms with Gasteiger partial charge in [-0.2, -0.15) is 0 Å². The first-order valence-corrected chi connectivity index (χ1v) is 7.79.